The molecular weight excluding hydrogens is 436 g/mol. The molecular formula is C26H32N2O6. The van der Waals surface area contributed by atoms with Crippen LogP contribution in [0.1, 0.15) is 54.9 Å². The predicted molar refractivity (Wildman–Crippen MR) is 129 cm³/mol. The molecule has 0 aromatic heterocycles. The lowest BCUT2D eigenvalue weighted by atomic mass is 9.88. The van der Waals surface area contributed by atoms with Gasteiger partial charge in [0.15, 0.2) is 18.1 Å². The Kier molecular flexibility index (Phi) is 8.90. The first-order valence-electron chi connectivity index (χ1n) is 11.6. The molecule has 2 aromatic rings. The van der Waals surface area contributed by atoms with E-state index in [0.29, 0.717) is 17.2 Å². The summed E-state index contributed by atoms with van der Waals surface area (Å²) in [4.78, 5) is 38.0. The van der Waals surface area contributed by atoms with E-state index in [-0.39, 0.29) is 23.1 Å². The smallest absolute Gasteiger partial charge is 0.340 e. The van der Waals surface area contributed by atoms with Crippen molar-refractivity contribution >= 4 is 29.2 Å². The summed E-state index contributed by atoms with van der Waals surface area (Å²) < 4.78 is 15.9. The second kappa shape index (κ2) is 12.1. The third-order valence-electron chi connectivity index (χ3n) is 5.96. The number of nitrogens with one attached hydrogen (secondary N) is 2. The number of ether oxygens (including phenoxy) is 3. The topological polar surface area (TPSA) is 103 Å². The highest BCUT2D eigenvalue weighted by Gasteiger charge is 2.25. The lowest BCUT2D eigenvalue weighted by Gasteiger charge is -2.22. The molecule has 2 amide bonds. The Morgan fingerprint density at radius 3 is 2.18 bits per heavy atom. The standard InChI is InChI=1S/C26H32N2O6/c1-4-17-10-12-19(13-11-17)27-24(29)16-34-26(31)20-14-22(32-2)23(33-3)15-21(20)28-25(30)18-8-6-5-7-9-18/h10-15,18H,4-9,16H2,1-3H3,(H,27,29)(H,28,30). The van der Waals surface area contributed by atoms with Crippen molar-refractivity contribution in [2.75, 3.05) is 31.5 Å². The third kappa shape index (κ3) is 6.50. The van der Waals surface area contributed by atoms with Gasteiger partial charge in [0.25, 0.3) is 5.91 Å². The molecule has 0 unspecified atom stereocenters. The molecule has 1 aliphatic carbocycles. The zero-order valence-electron chi connectivity index (χ0n) is 19.9. The van der Waals surface area contributed by atoms with Crippen LogP contribution >= 0.6 is 0 Å². The van der Waals surface area contributed by atoms with E-state index in [9.17, 15) is 14.4 Å². The Bertz CT molecular complexity index is 1010. The van der Waals surface area contributed by atoms with Gasteiger partial charge in [-0.1, -0.05) is 38.3 Å². The summed E-state index contributed by atoms with van der Waals surface area (Å²) in [5.41, 5.74) is 2.11. The maximum absolute atomic E-state index is 12.9. The highest BCUT2D eigenvalue weighted by molar-refractivity contribution is 6.03. The molecule has 0 aliphatic heterocycles. The van der Waals surface area contributed by atoms with E-state index in [2.05, 4.69) is 10.6 Å². The van der Waals surface area contributed by atoms with Gasteiger partial charge in [0.05, 0.1) is 25.5 Å². The van der Waals surface area contributed by atoms with Gasteiger partial charge < -0.3 is 24.8 Å². The number of aryl methyl sites for hydroxylation is 1. The quantitative estimate of drug-likeness (QED) is 0.522. The molecule has 0 atom stereocenters. The highest BCUT2D eigenvalue weighted by atomic mass is 16.5. The fourth-order valence-electron chi connectivity index (χ4n) is 3.98. The van der Waals surface area contributed by atoms with E-state index in [0.717, 1.165) is 44.1 Å². The van der Waals surface area contributed by atoms with E-state index in [1.807, 2.05) is 19.1 Å². The summed E-state index contributed by atoms with van der Waals surface area (Å²) in [6.45, 7) is 1.58. The first-order chi connectivity index (χ1) is 16.4. The van der Waals surface area contributed by atoms with Gasteiger partial charge in [-0.3, -0.25) is 9.59 Å². The van der Waals surface area contributed by atoms with Crippen molar-refractivity contribution in [2.45, 2.75) is 45.4 Å². The molecule has 0 heterocycles. The number of anilines is 2. The van der Waals surface area contributed by atoms with Crippen LogP contribution in [0.3, 0.4) is 0 Å². The second-order valence-electron chi connectivity index (χ2n) is 8.25. The minimum atomic E-state index is -0.753. The number of methoxy groups -OCH3 is 2. The van der Waals surface area contributed by atoms with Gasteiger partial charge in [0.1, 0.15) is 0 Å². The van der Waals surface area contributed by atoms with Gasteiger partial charge >= 0.3 is 5.97 Å². The van der Waals surface area contributed by atoms with Crippen LogP contribution in [-0.2, 0) is 20.7 Å². The van der Waals surface area contributed by atoms with E-state index in [4.69, 9.17) is 14.2 Å². The molecule has 1 fully saturated rings. The number of esters is 1. The fraction of sp³-hybridized carbons (Fsp3) is 0.423. The maximum Gasteiger partial charge on any atom is 0.340 e. The minimum Gasteiger partial charge on any atom is -0.493 e. The van der Waals surface area contributed by atoms with Crippen molar-refractivity contribution in [3.8, 4) is 11.5 Å². The summed E-state index contributed by atoms with van der Waals surface area (Å²) >= 11 is 0. The van der Waals surface area contributed by atoms with Crippen LogP contribution in [0.15, 0.2) is 36.4 Å². The second-order valence-corrected chi connectivity index (χ2v) is 8.25. The Labute approximate surface area is 200 Å². The molecule has 0 saturated heterocycles. The van der Waals surface area contributed by atoms with Crippen LogP contribution in [0.4, 0.5) is 11.4 Å². The molecule has 0 radical (unpaired) electrons. The number of hydrogen-bond donors (Lipinski definition) is 2. The predicted octanol–water partition coefficient (Wildman–Crippen LogP) is 4.58. The Hall–Kier alpha value is -3.55. The fourth-order valence-corrected chi connectivity index (χ4v) is 3.98. The molecule has 0 bridgehead atoms. The van der Waals surface area contributed by atoms with Gasteiger partial charge in [-0.15, -0.1) is 0 Å². The van der Waals surface area contributed by atoms with Gasteiger partial charge in [-0.25, -0.2) is 4.79 Å². The first kappa shape index (κ1) is 25.1. The Balaban J connectivity index is 1.71. The van der Waals surface area contributed by atoms with Gasteiger partial charge in [-0.2, -0.15) is 0 Å². The summed E-state index contributed by atoms with van der Waals surface area (Å²) in [6.07, 6.45) is 5.68. The summed E-state index contributed by atoms with van der Waals surface area (Å²) in [6, 6.07) is 10.4. The molecule has 34 heavy (non-hydrogen) atoms. The number of hydrogen-bond acceptors (Lipinski definition) is 6. The van der Waals surface area contributed by atoms with Gasteiger partial charge in [0, 0.05) is 23.7 Å². The maximum atomic E-state index is 12.9. The van der Waals surface area contributed by atoms with Crippen LogP contribution in [-0.4, -0.2) is 38.6 Å². The highest BCUT2D eigenvalue weighted by Crippen LogP contribution is 2.35. The number of rotatable bonds is 9. The van der Waals surface area contributed by atoms with Crippen molar-refractivity contribution in [2.24, 2.45) is 5.92 Å². The van der Waals surface area contributed by atoms with Gasteiger partial charge in [-0.05, 0) is 37.0 Å². The molecule has 1 saturated carbocycles. The molecule has 1 aliphatic rings. The lowest BCUT2D eigenvalue weighted by molar-refractivity contribution is -0.121. The largest absolute Gasteiger partial charge is 0.493 e. The van der Waals surface area contributed by atoms with Crippen LogP contribution in [0.5, 0.6) is 11.5 Å². The molecule has 3 rings (SSSR count). The minimum absolute atomic E-state index is 0.0851. The summed E-state index contributed by atoms with van der Waals surface area (Å²) in [5.74, 6) is -0.788. The molecule has 0 spiro atoms. The normalized spacial score (nSPS) is 13.6. The van der Waals surface area contributed by atoms with Crippen molar-refractivity contribution in [3.05, 3.63) is 47.5 Å². The molecule has 8 nitrogen and oxygen atoms in total. The monoisotopic (exact) mass is 468 g/mol. The Morgan fingerprint density at radius 2 is 1.56 bits per heavy atom. The van der Waals surface area contributed by atoms with E-state index < -0.39 is 18.5 Å². The number of carbonyl (C=O) groups excluding carboxylic acids is 3. The van der Waals surface area contributed by atoms with Crippen molar-refractivity contribution in [3.63, 3.8) is 0 Å². The van der Waals surface area contributed by atoms with Crippen LogP contribution in [0.25, 0.3) is 0 Å². The average Bonchev–Trinajstić information content (AvgIpc) is 2.87. The van der Waals surface area contributed by atoms with Crippen LogP contribution in [0, 0.1) is 5.92 Å². The summed E-state index contributed by atoms with van der Waals surface area (Å²) in [7, 11) is 2.92. The number of amides is 2. The molecule has 182 valence electrons. The van der Waals surface area contributed by atoms with Crippen molar-refractivity contribution < 1.29 is 28.6 Å². The first-order valence-corrected chi connectivity index (χ1v) is 11.6. The molecule has 2 N–H and O–H groups in total. The van der Waals surface area contributed by atoms with Crippen LogP contribution < -0.4 is 20.1 Å². The third-order valence-corrected chi connectivity index (χ3v) is 5.96. The van der Waals surface area contributed by atoms with E-state index >= 15 is 0 Å². The SMILES string of the molecule is CCc1ccc(NC(=O)COC(=O)c2cc(OC)c(OC)cc2NC(=O)C2CCCCC2)cc1. The number of benzene rings is 2. The zero-order chi connectivity index (χ0) is 24.5. The summed E-state index contributed by atoms with van der Waals surface area (Å²) in [5, 5.41) is 5.55. The number of carbonyl (C=O) groups is 3. The molecule has 2 aromatic carbocycles. The van der Waals surface area contributed by atoms with Gasteiger partial charge in [0.2, 0.25) is 5.91 Å². The molecule has 8 heteroatoms. The average molecular weight is 469 g/mol. The van der Waals surface area contributed by atoms with Crippen molar-refractivity contribution in [1.29, 1.82) is 0 Å². The lowest BCUT2D eigenvalue weighted by Crippen LogP contribution is -2.26. The van der Waals surface area contributed by atoms with Crippen LogP contribution in [0.2, 0.25) is 0 Å². The van der Waals surface area contributed by atoms with E-state index in [1.54, 1.807) is 12.1 Å². The van der Waals surface area contributed by atoms with Crippen molar-refractivity contribution in [1.82, 2.24) is 0 Å². The Morgan fingerprint density at radius 1 is 0.912 bits per heavy atom. The zero-order valence-corrected chi connectivity index (χ0v) is 19.9. The van der Waals surface area contributed by atoms with E-state index in [1.165, 1.54) is 26.4 Å².